The van der Waals surface area contributed by atoms with E-state index in [1.807, 2.05) is 6.92 Å². The van der Waals surface area contributed by atoms with E-state index >= 15 is 0 Å². The van der Waals surface area contributed by atoms with Gasteiger partial charge in [-0.2, -0.15) is 0 Å². The zero-order valence-corrected chi connectivity index (χ0v) is 11.6. The highest BCUT2D eigenvalue weighted by Gasteiger charge is 2.32. The molecule has 1 unspecified atom stereocenters. The van der Waals surface area contributed by atoms with Crippen molar-refractivity contribution in [3.05, 3.63) is 48.3 Å². The van der Waals surface area contributed by atoms with Crippen molar-refractivity contribution in [1.29, 1.82) is 0 Å². The van der Waals surface area contributed by atoms with Gasteiger partial charge in [0.2, 0.25) is 15.3 Å². The summed E-state index contributed by atoms with van der Waals surface area (Å²) in [5.41, 5.74) is 0.471. The SMILES string of the molecule is [2H]c1cncc2c1OC(S(=O)(=O)c1ccc(C)cc1)CN2. The number of benzene rings is 1. The molecule has 0 fully saturated rings. The fourth-order valence-electron chi connectivity index (χ4n) is 1.99. The normalized spacial score (nSPS) is 18.4. The van der Waals surface area contributed by atoms with Gasteiger partial charge < -0.3 is 10.1 Å². The zero-order chi connectivity index (χ0) is 15.0. The minimum Gasteiger partial charge on any atom is -0.470 e. The number of ether oxygens (including phenoxy) is 1. The van der Waals surface area contributed by atoms with Gasteiger partial charge in [-0.1, -0.05) is 17.7 Å². The van der Waals surface area contributed by atoms with Crippen LogP contribution in [0.5, 0.6) is 5.75 Å². The summed E-state index contributed by atoms with van der Waals surface area (Å²) in [5, 5.41) is 2.95. The van der Waals surface area contributed by atoms with Crippen molar-refractivity contribution in [1.82, 2.24) is 4.98 Å². The predicted molar refractivity (Wildman–Crippen MR) is 75.5 cm³/mol. The maximum Gasteiger partial charge on any atom is 0.220 e. The van der Waals surface area contributed by atoms with E-state index in [2.05, 4.69) is 10.3 Å². The van der Waals surface area contributed by atoms with Crippen LogP contribution in [0.4, 0.5) is 5.69 Å². The third-order valence-electron chi connectivity index (χ3n) is 3.12. The van der Waals surface area contributed by atoms with Crippen molar-refractivity contribution in [2.75, 3.05) is 11.9 Å². The van der Waals surface area contributed by atoms with E-state index in [1.165, 1.54) is 12.4 Å². The van der Waals surface area contributed by atoms with E-state index < -0.39 is 15.3 Å². The second-order valence-electron chi connectivity index (χ2n) is 4.58. The van der Waals surface area contributed by atoms with Crippen LogP contribution in [0, 0.1) is 6.92 Å². The summed E-state index contributed by atoms with van der Waals surface area (Å²) < 4.78 is 38.4. The van der Waals surface area contributed by atoms with Gasteiger partial charge in [0.15, 0.2) is 0 Å². The molecule has 5 nitrogen and oxygen atoms in total. The monoisotopic (exact) mass is 291 g/mol. The first-order chi connectivity index (χ1) is 9.98. The molecule has 1 aliphatic rings. The van der Waals surface area contributed by atoms with Crippen LogP contribution in [0.1, 0.15) is 6.93 Å². The highest BCUT2D eigenvalue weighted by atomic mass is 32.2. The number of anilines is 1. The minimum atomic E-state index is -3.63. The van der Waals surface area contributed by atoms with Crippen LogP contribution in [0.25, 0.3) is 0 Å². The Morgan fingerprint density at radius 3 is 2.90 bits per heavy atom. The largest absolute Gasteiger partial charge is 0.470 e. The van der Waals surface area contributed by atoms with Crippen molar-refractivity contribution >= 4 is 15.5 Å². The maximum atomic E-state index is 12.6. The Morgan fingerprint density at radius 1 is 1.40 bits per heavy atom. The molecule has 0 radical (unpaired) electrons. The van der Waals surface area contributed by atoms with Gasteiger partial charge in [-0.15, -0.1) is 0 Å². The summed E-state index contributed by atoms with van der Waals surface area (Å²) in [6.07, 6.45) is 2.84. The molecule has 0 spiro atoms. The summed E-state index contributed by atoms with van der Waals surface area (Å²) in [6.45, 7) is 2.01. The fraction of sp³-hybridized carbons (Fsp3) is 0.214. The van der Waals surface area contributed by atoms with Crippen LogP contribution in [-0.2, 0) is 9.84 Å². The average molecular weight is 291 g/mol. The van der Waals surface area contributed by atoms with Crippen molar-refractivity contribution in [2.24, 2.45) is 0 Å². The number of aromatic nitrogens is 1. The lowest BCUT2D eigenvalue weighted by Gasteiger charge is -2.26. The standard InChI is InChI=1S/C14H14N2O3S/c1-10-2-4-11(5-3-10)20(17,18)14-9-16-12-8-15-7-6-13(12)19-14/h2-8,14,16H,9H2,1H3/i6D. The van der Waals surface area contributed by atoms with Crippen molar-refractivity contribution in [2.45, 2.75) is 17.3 Å². The van der Waals surface area contributed by atoms with E-state index in [9.17, 15) is 8.42 Å². The van der Waals surface area contributed by atoms with E-state index in [0.29, 0.717) is 5.69 Å². The molecule has 104 valence electrons. The molecule has 0 saturated carbocycles. The van der Waals surface area contributed by atoms with E-state index in [4.69, 9.17) is 6.11 Å². The summed E-state index contributed by atoms with van der Waals surface area (Å²) in [5.74, 6) is 0.219. The number of sulfone groups is 1. The Bertz CT molecular complexity index is 775. The average Bonchev–Trinajstić information content (AvgIpc) is 2.48. The van der Waals surface area contributed by atoms with Crippen LogP contribution in [-0.4, -0.2) is 25.4 Å². The number of rotatable bonds is 2. The molecule has 1 atom stereocenters. The van der Waals surface area contributed by atoms with Gasteiger partial charge in [0.05, 0.1) is 24.7 Å². The van der Waals surface area contributed by atoms with Gasteiger partial charge in [0.1, 0.15) is 5.75 Å². The van der Waals surface area contributed by atoms with Gasteiger partial charge in [-0.25, -0.2) is 8.42 Å². The topological polar surface area (TPSA) is 68.3 Å². The van der Waals surface area contributed by atoms with Crippen LogP contribution in [0.15, 0.2) is 47.6 Å². The minimum absolute atomic E-state index is 0.0591. The lowest BCUT2D eigenvalue weighted by atomic mass is 10.2. The first kappa shape index (κ1) is 11.7. The second kappa shape index (κ2) is 4.79. The molecule has 6 heteroatoms. The molecule has 3 rings (SSSR count). The van der Waals surface area contributed by atoms with E-state index in [1.54, 1.807) is 24.3 Å². The van der Waals surface area contributed by atoms with Crippen LogP contribution in [0.3, 0.4) is 0 Å². The molecule has 0 saturated heterocycles. The fourth-order valence-corrected chi connectivity index (χ4v) is 3.33. The van der Waals surface area contributed by atoms with Gasteiger partial charge >= 0.3 is 0 Å². The third-order valence-corrected chi connectivity index (χ3v) is 5.01. The smallest absolute Gasteiger partial charge is 0.220 e. The molecular weight excluding hydrogens is 276 g/mol. The molecule has 0 aliphatic carbocycles. The Morgan fingerprint density at radius 2 is 2.15 bits per heavy atom. The van der Waals surface area contributed by atoms with E-state index in [-0.39, 0.29) is 23.2 Å². The lowest BCUT2D eigenvalue weighted by Crippen LogP contribution is -2.37. The van der Waals surface area contributed by atoms with Gasteiger partial charge in [-0.3, -0.25) is 4.98 Å². The number of hydrogen-bond donors (Lipinski definition) is 1. The number of hydrogen-bond acceptors (Lipinski definition) is 5. The molecule has 1 aliphatic heterocycles. The molecule has 2 aromatic rings. The van der Waals surface area contributed by atoms with Crippen LogP contribution in [0.2, 0.25) is 0 Å². The molecule has 1 N–H and O–H groups in total. The molecule has 20 heavy (non-hydrogen) atoms. The van der Waals surface area contributed by atoms with Crippen LogP contribution < -0.4 is 10.1 Å². The first-order valence-corrected chi connectivity index (χ1v) is 7.69. The van der Waals surface area contributed by atoms with Crippen LogP contribution >= 0.6 is 0 Å². The Balaban J connectivity index is 1.95. The number of fused-ring (bicyclic) bond motifs is 1. The second-order valence-corrected chi connectivity index (χ2v) is 6.67. The quantitative estimate of drug-likeness (QED) is 0.916. The molecule has 0 amide bonds. The molecule has 1 aromatic carbocycles. The number of pyridine rings is 1. The molecule has 1 aromatic heterocycles. The first-order valence-electron chi connectivity index (χ1n) is 6.64. The summed E-state index contributed by atoms with van der Waals surface area (Å²) >= 11 is 0. The van der Waals surface area contributed by atoms with Crippen molar-refractivity contribution < 1.29 is 14.5 Å². The number of nitrogens with one attached hydrogen (secondary N) is 1. The number of nitrogens with zero attached hydrogens (tertiary/aromatic N) is 1. The summed E-state index contributed by atoms with van der Waals surface area (Å²) in [4.78, 5) is 4.09. The zero-order valence-electron chi connectivity index (χ0n) is 11.8. The van der Waals surface area contributed by atoms with Gasteiger partial charge in [0.25, 0.3) is 0 Å². The predicted octanol–water partition coefficient (Wildman–Crippen LogP) is 1.99. The van der Waals surface area contributed by atoms with Gasteiger partial charge in [-0.05, 0) is 19.1 Å². The molecular formula is C14H14N2O3S. The van der Waals surface area contributed by atoms with Crippen molar-refractivity contribution in [3.63, 3.8) is 0 Å². The summed E-state index contributed by atoms with van der Waals surface area (Å²) in [6, 6.07) is 6.69. The third kappa shape index (κ3) is 2.22. The Hall–Kier alpha value is -2.08. The highest BCUT2D eigenvalue weighted by Crippen LogP contribution is 2.30. The maximum absolute atomic E-state index is 12.6. The Kier molecular flexibility index (Phi) is 2.81. The van der Waals surface area contributed by atoms with Crippen molar-refractivity contribution in [3.8, 4) is 5.75 Å². The van der Waals surface area contributed by atoms with Gasteiger partial charge in [0, 0.05) is 12.2 Å². The lowest BCUT2D eigenvalue weighted by molar-refractivity contribution is 0.275. The number of aryl methyl sites for hydroxylation is 1. The molecule has 2 heterocycles. The highest BCUT2D eigenvalue weighted by molar-refractivity contribution is 7.92. The Labute approximate surface area is 118 Å². The summed E-state index contributed by atoms with van der Waals surface area (Å²) in [7, 11) is -3.63. The van der Waals surface area contributed by atoms with E-state index in [0.717, 1.165) is 5.56 Å². The molecule has 0 bridgehead atoms.